The number of hydrogen-bond acceptors (Lipinski definition) is 9. The Morgan fingerprint density at radius 3 is 2.78 bits per heavy atom. The lowest BCUT2D eigenvalue weighted by atomic mass is 10.2. The van der Waals surface area contributed by atoms with Gasteiger partial charge in [-0.1, -0.05) is 41.2 Å². The van der Waals surface area contributed by atoms with Gasteiger partial charge in [-0.15, -0.1) is 21.5 Å². The summed E-state index contributed by atoms with van der Waals surface area (Å²) < 4.78 is 13.1. The molecule has 0 atom stereocenters. The summed E-state index contributed by atoms with van der Waals surface area (Å²) in [5.41, 5.74) is 2.30. The number of anilines is 1. The predicted molar refractivity (Wildman–Crippen MR) is 126 cm³/mol. The average molecular weight is 469 g/mol. The molecule has 4 aromatic rings. The summed E-state index contributed by atoms with van der Waals surface area (Å²) in [6, 6.07) is 12.3. The van der Waals surface area contributed by atoms with E-state index in [1.54, 1.807) is 23.1 Å². The van der Waals surface area contributed by atoms with Gasteiger partial charge in [-0.25, -0.2) is 0 Å². The summed E-state index contributed by atoms with van der Waals surface area (Å²) in [6.45, 7) is 5.17. The number of nitrogens with zero attached hydrogens (tertiary/aromatic N) is 6. The number of thioether (sulfide) groups is 1. The third kappa shape index (κ3) is 4.57. The van der Waals surface area contributed by atoms with Crippen LogP contribution in [0.25, 0.3) is 16.4 Å². The zero-order chi connectivity index (χ0) is 21.8. The number of rotatable bonds is 8. The molecule has 1 aliphatic heterocycles. The second kappa shape index (κ2) is 9.85. The monoisotopic (exact) mass is 468 g/mol. The normalized spacial score (nSPS) is 14.2. The van der Waals surface area contributed by atoms with E-state index in [4.69, 9.17) is 9.26 Å². The number of hydrogen-bond donors (Lipinski definition) is 0. The van der Waals surface area contributed by atoms with Crippen molar-refractivity contribution in [2.45, 2.75) is 24.9 Å². The highest BCUT2D eigenvalue weighted by atomic mass is 32.2. The van der Waals surface area contributed by atoms with Gasteiger partial charge in [0.25, 0.3) is 0 Å². The number of benzene rings is 1. The van der Waals surface area contributed by atoms with Crippen LogP contribution in [0, 0.1) is 6.92 Å². The van der Waals surface area contributed by atoms with Gasteiger partial charge >= 0.3 is 0 Å². The summed E-state index contributed by atoms with van der Waals surface area (Å²) in [5, 5.41) is 16.1. The fourth-order valence-corrected chi connectivity index (χ4v) is 5.13. The highest BCUT2D eigenvalue weighted by Gasteiger charge is 2.22. The quantitative estimate of drug-likeness (QED) is 0.280. The summed E-state index contributed by atoms with van der Waals surface area (Å²) >= 11 is 3.31. The van der Waals surface area contributed by atoms with Crippen molar-refractivity contribution in [1.29, 1.82) is 0 Å². The van der Waals surface area contributed by atoms with Crippen molar-refractivity contribution in [3.63, 3.8) is 0 Å². The number of ether oxygens (including phenoxy) is 1. The van der Waals surface area contributed by atoms with Gasteiger partial charge in [-0.05, 0) is 36.4 Å². The highest BCUT2D eigenvalue weighted by Crippen LogP contribution is 2.29. The number of aryl methyl sites for hydroxylation is 2. The molecule has 0 radical (unpaired) electrons. The molecule has 1 aliphatic rings. The predicted octanol–water partition coefficient (Wildman–Crippen LogP) is 4.25. The van der Waals surface area contributed by atoms with E-state index in [9.17, 15) is 0 Å². The minimum Gasteiger partial charge on any atom is -0.378 e. The lowest BCUT2D eigenvalue weighted by Crippen LogP contribution is -2.38. The summed E-state index contributed by atoms with van der Waals surface area (Å²) in [6.07, 6.45) is 1.64. The van der Waals surface area contributed by atoms with Gasteiger partial charge in [-0.3, -0.25) is 4.57 Å². The van der Waals surface area contributed by atoms with Crippen molar-refractivity contribution in [3.8, 4) is 16.4 Å². The van der Waals surface area contributed by atoms with Crippen molar-refractivity contribution in [1.82, 2.24) is 24.9 Å². The van der Waals surface area contributed by atoms with Crippen LogP contribution >= 0.6 is 23.1 Å². The van der Waals surface area contributed by atoms with Crippen LogP contribution in [0.2, 0.25) is 0 Å². The second-order valence-corrected chi connectivity index (χ2v) is 9.45. The maximum atomic E-state index is 5.52. The molecule has 5 rings (SSSR count). The largest absolute Gasteiger partial charge is 0.378 e. The molecule has 10 heteroatoms. The van der Waals surface area contributed by atoms with E-state index in [1.165, 1.54) is 5.56 Å². The molecule has 0 bridgehead atoms. The fourth-order valence-electron chi connectivity index (χ4n) is 3.60. The first kappa shape index (κ1) is 21.2. The molecule has 166 valence electrons. The Morgan fingerprint density at radius 1 is 1.09 bits per heavy atom. The minimum atomic E-state index is 0.664. The van der Waals surface area contributed by atoms with Gasteiger partial charge in [0.2, 0.25) is 17.7 Å². The standard InChI is InChI=1S/C22H24N6O2S2/c1-16-6-2-3-7-17(16)28-21(27-10-12-29-13-11-27)24-25-22(28)32-15-5-9-19-23-20(26-30-19)18-8-4-14-31-18/h2-4,6-8,14H,5,9-13,15H2,1H3. The fraction of sp³-hybridized carbons (Fsp3) is 0.364. The molecular weight excluding hydrogens is 444 g/mol. The van der Waals surface area contributed by atoms with Crippen LogP contribution in [0.3, 0.4) is 0 Å². The number of morpholine rings is 1. The van der Waals surface area contributed by atoms with Gasteiger partial charge in [-0.2, -0.15) is 4.98 Å². The summed E-state index contributed by atoms with van der Waals surface area (Å²) in [7, 11) is 0. The zero-order valence-electron chi connectivity index (χ0n) is 17.8. The smallest absolute Gasteiger partial charge is 0.232 e. The molecule has 1 saturated heterocycles. The van der Waals surface area contributed by atoms with Crippen LogP contribution in [0.5, 0.6) is 0 Å². The molecule has 0 unspecified atom stereocenters. The van der Waals surface area contributed by atoms with E-state index in [-0.39, 0.29) is 0 Å². The van der Waals surface area contributed by atoms with E-state index in [0.29, 0.717) is 24.9 Å². The highest BCUT2D eigenvalue weighted by molar-refractivity contribution is 7.99. The van der Waals surface area contributed by atoms with Crippen molar-refractivity contribution in [2.24, 2.45) is 0 Å². The minimum absolute atomic E-state index is 0.664. The SMILES string of the molecule is Cc1ccccc1-n1c(SCCCc2nc(-c3cccs3)no2)nnc1N1CCOCC1. The topological polar surface area (TPSA) is 82.1 Å². The molecule has 8 nitrogen and oxygen atoms in total. The van der Waals surface area contributed by atoms with E-state index >= 15 is 0 Å². The Balaban J connectivity index is 1.28. The van der Waals surface area contributed by atoms with Crippen molar-refractivity contribution in [2.75, 3.05) is 37.0 Å². The van der Waals surface area contributed by atoms with E-state index < -0.39 is 0 Å². The van der Waals surface area contributed by atoms with Crippen LogP contribution in [0.4, 0.5) is 5.95 Å². The Labute approximate surface area is 194 Å². The van der Waals surface area contributed by atoms with Crippen LogP contribution in [-0.2, 0) is 11.2 Å². The molecule has 0 saturated carbocycles. The molecule has 0 N–H and O–H groups in total. The lowest BCUT2D eigenvalue weighted by molar-refractivity contribution is 0.122. The molecule has 0 aliphatic carbocycles. The van der Waals surface area contributed by atoms with Crippen LogP contribution in [0.15, 0.2) is 51.5 Å². The first-order valence-electron chi connectivity index (χ1n) is 10.6. The molecule has 32 heavy (non-hydrogen) atoms. The van der Waals surface area contributed by atoms with Gasteiger partial charge in [0.15, 0.2) is 5.16 Å². The van der Waals surface area contributed by atoms with Gasteiger partial charge in [0.1, 0.15) is 0 Å². The first-order valence-corrected chi connectivity index (χ1v) is 12.5. The van der Waals surface area contributed by atoms with Gasteiger partial charge in [0, 0.05) is 25.3 Å². The summed E-state index contributed by atoms with van der Waals surface area (Å²) in [4.78, 5) is 7.78. The Morgan fingerprint density at radius 2 is 1.97 bits per heavy atom. The number of thiophene rings is 1. The van der Waals surface area contributed by atoms with Crippen molar-refractivity contribution < 1.29 is 9.26 Å². The molecule has 4 heterocycles. The van der Waals surface area contributed by atoms with E-state index in [0.717, 1.165) is 53.4 Å². The van der Waals surface area contributed by atoms with Crippen molar-refractivity contribution in [3.05, 3.63) is 53.2 Å². The molecule has 0 spiro atoms. The number of para-hydroxylation sites is 1. The Hall–Kier alpha value is -2.69. The molecule has 3 aromatic heterocycles. The summed E-state index contributed by atoms with van der Waals surface area (Å²) in [5.74, 6) is 3.09. The maximum absolute atomic E-state index is 5.52. The van der Waals surface area contributed by atoms with Crippen LogP contribution in [0.1, 0.15) is 17.9 Å². The average Bonchev–Trinajstić information content (AvgIpc) is 3.58. The Bertz CT molecular complexity index is 1150. The van der Waals surface area contributed by atoms with Crippen LogP contribution in [-0.4, -0.2) is 57.0 Å². The molecular formula is C22H24N6O2S2. The first-order chi connectivity index (χ1) is 15.8. The zero-order valence-corrected chi connectivity index (χ0v) is 19.4. The second-order valence-electron chi connectivity index (χ2n) is 7.44. The van der Waals surface area contributed by atoms with Gasteiger partial charge < -0.3 is 14.2 Å². The third-order valence-electron chi connectivity index (χ3n) is 5.24. The Kier molecular flexibility index (Phi) is 6.51. The van der Waals surface area contributed by atoms with Gasteiger partial charge in [0.05, 0.1) is 23.8 Å². The molecule has 0 amide bonds. The molecule has 1 fully saturated rings. The van der Waals surface area contributed by atoms with E-state index in [1.807, 2.05) is 17.5 Å². The lowest BCUT2D eigenvalue weighted by Gasteiger charge is -2.28. The molecule has 1 aromatic carbocycles. The van der Waals surface area contributed by atoms with Crippen LogP contribution < -0.4 is 4.90 Å². The maximum Gasteiger partial charge on any atom is 0.232 e. The number of aromatic nitrogens is 5. The van der Waals surface area contributed by atoms with E-state index in [2.05, 4.69) is 61.0 Å². The third-order valence-corrected chi connectivity index (χ3v) is 7.12. The van der Waals surface area contributed by atoms with Crippen molar-refractivity contribution >= 4 is 29.0 Å².